The molecule has 0 atom stereocenters. The summed E-state index contributed by atoms with van der Waals surface area (Å²) in [7, 11) is 0.0920. The van der Waals surface area contributed by atoms with Gasteiger partial charge < -0.3 is 0 Å². The highest BCUT2D eigenvalue weighted by atomic mass is 31.1. The van der Waals surface area contributed by atoms with Crippen molar-refractivity contribution in [3.05, 3.63) is 29.8 Å². The molecule has 0 aliphatic rings. The molecule has 0 aliphatic heterocycles. The lowest BCUT2D eigenvalue weighted by Gasteiger charge is -2.04. The molecule has 1 rings (SSSR count). The van der Waals surface area contributed by atoms with Crippen LogP contribution in [0.5, 0.6) is 0 Å². The quantitative estimate of drug-likeness (QED) is 0.584. The van der Waals surface area contributed by atoms with Crippen molar-refractivity contribution in [2.45, 2.75) is 20.8 Å². The van der Waals surface area contributed by atoms with E-state index in [-0.39, 0.29) is 7.92 Å². The van der Waals surface area contributed by atoms with Gasteiger partial charge in [0.2, 0.25) is 0 Å². The first-order valence-electron chi connectivity index (χ1n) is 4.44. The fourth-order valence-electron chi connectivity index (χ4n) is 0.843. The summed E-state index contributed by atoms with van der Waals surface area (Å²) in [5, 5.41) is 1.49. The Kier molecular flexibility index (Phi) is 6.02. The molecule has 0 radical (unpaired) electrons. The van der Waals surface area contributed by atoms with Crippen LogP contribution >= 0.6 is 7.92 Å². The second-order valence-electron chi connectivity index (χ2n) is 2.73. The zero-order valence-electron chi connectivity index (χ0n) is 8.76. The van der Waals surface area contributed by atoms with Crippen molar-refractivity contribution in [3.8, 4) is 0 Å². The smallest absolute Gasteiger partial charge is 0.0246 e. The Morgan fingerprint density at radius 1 is 0.917 bits per heavy atom. The van der Waals surface area contributed by atoms with E-state index in [1.54, 1.807) is 0 Å². The maximum absolute atomic E-state index is 2.28. The van der Waals surface area contributed by atoms with E-state index < -0.39 is 0 Å². The summed E-state index contributed by atoms with van der Waals surface area (Å²) >= 11 is 0. The number of hydrogen-bond donors (Lipinski definition) is 0. The molecule has 1 heteroatoms. The molecule has 0 heterocycles. The Hall–Kier alpha value is -0.350. The molecule has 0 saturated carbocycles. The van der Waals surface area contributed by atoms with Crippen molar-refractivity contribution in [2.24, 2.45) is 0 Å². The fourth-order valence-corrected chi connectivity index (χ4v) is 1.59. The summed E-state index contributed by atoms with van der Waals surface area (Å²) in [5.41, 5.74) is 1.35. The molecule has 0 aromatic heterocycles. The highest BCUT2D eigenvalue weighted by molar-refractivity contribution is 7.64. The molecule has 0 amide bonds. The van der Waals surface area contributed by atoms with Crippen molar-refractivity contribution in [1.82, 2.24) is 0 Å². The van der Waals surface area contributed by atoms with Crippen molar-refractivity contribution in [2.75, 3.05) is 13.3 Å². The third-order valence-electron chi connectivity index (χ3n) is 1.55. The number of hydrogen-bond acceptors (Lipinski definition) is 0. The highest BCUT2D eigenvalue weighted by Crippen LogP contribution is 2.22. The molecule has 68 valence electrons. The summed E-state index contributed by atoms with van der Waals surface area (Å²) in [6.07, 6.45) is 0. The van der Waals surface area contributed by atoms with Crippen molar-refractivity contribution in [1.29, 1.82) is 0 Å². The summed E-state index contributed by atoms with van der Waals surface area (Å²) in [6, 6.07) is 8.80. The Balaban J connectivity index is 0.000000561. The molecule has 0 bridgehead atoms. The van der Waals surface area contributed by atoms with Gasteiger partial charge in [-0.3, -0.25) is 0 Å². The van der Waals surface area contributed by atoms with Crippen LogP contribution in [-0.4, -0.2) is 13.3 Å². The molecule has 0 nitrogen and oxygen atoms in total. The van der Waals surface area contributed by atoms with Gasteiger partial charge in [-0.2, -0.15) is 0 Å². The first-order valence-corrected chi connectivity index (χ1v) is 6.68. The Bertz CT molecular complexity index is 199. The maximum atomic E-state index is 2.28. The minimum Gasteiger partial charge on any atom is -0.0817 e. The number of aryl methyl sites for hydroxylation is 1. The lowest BCUT2D eigenvalue weighted by atomic mass is 10.2. The second-order valence-corrected chi connectivity index (χ2v) is 5.04. The van der Waals surface area contributed by atoms with E-state index in [4.69, 9.17) is 0 Å². The third-order valence-corrected chi connectivity index (χ3v) is 2.88. The largest absolute Gasteiger partial charge is 0.0817 e. The van der Waals surface area contributed by atoms with Crippen molar-refractivity contribution >= 4 is 13.2 Å². The first kappa shape index (κ1) is 11.6. The Morgan fingerprint density at radius 3 is 1.67 bits per heavy atom. The van der Waals surface area contributed by atoms with Gasteiger partial charge in [-0.25, -0.2) is 0 Å². The molecule has 12 heavy (non-hydrogen) atoms. The molecule has 0 aliphatic carbocycles. The molecule has 0 N–H and O–H groups in total. The summed E-state index contributed by atoms with van der Waals surface area (Å²) < 4.78 is 0. The van der Waals surface area contributed by atoms with Crippen LogP contribution in [0.4, 0.5) is 0 Å². The standard InChI is InChI=1S/C9H13P.C2H6/c1-8-4-6-9(7-5-8)10(2)3;1-2/h4-7H,1-3H3;1-2H3. The molecule has 1 aromatic rings. The van der Waals surface area contributed by atoms with E-state index in [1.165, 1.54) is 10.9 Å². The van der Waals surface area contributed by atoms with Crippen LogP contribution in [0.3, 0.4) is 0 Å². The summed E-state index contributed by atoms with van der Waals surface area (Å²) in [5.74, 6) is 0. The molecule has 1 aromatic carbocycles. The van der Waals surface area contributed by atoms with E-state index in [2.05, 4.69) is 44.5 Å². The van der Waals surface area contributed by atoms with E-state index in [0.29, 0.717) is 0 Å². The van der Waals surface area contributed by atoms with Crippen LogP contribution in [0.25, 0.3) is 0 Å². The van der Waals surface area contributed by atoms with E-state index in [0.717, 1.165) is 0 Å². The summed E-state index contributed by atoms with van der Waals surface area (Å²) in [6.45, 7) is 10.7. The van der Waals surface area contributed by atoms with E-state index >= 15 is 0 Å². The third kappa shape index (κ3) is 3.88. The minimum absolute atomic E-state index is 0.0920. The van der Waals surface area contributed by atoms with Gasteiger partial charge in [-0.15, -0.1) is 0 Å². The van der Waals surface area contributed by atoms with Gasteiger partial charge >= 0.3 is 0 Å². The maximum Gasteiger partial charge on any atom is -0.0246 e. The van der Waals surface area contributed by atoms with Gasteiger partial charge in [0.15, 0.2) is 0 Å². The van der Waals surface area contributed by atoms with Gasteiger partial charge in [0.1, 0.15) is 0 Å². The Morgan fingerprint density at radius 2 is 1.33 bits per heavy atom. The topological polar surface area (TPSA) is 0 Å². The SMILES string of the molecule is CC.Cc1ccc(P(C)C)cc1. The zero-order valence-corrected chi connectivity index (χ0v) is 9.65. The van der Waals surface area contributed by atoms with Gasteiger partial charge in [0.25, 0.3) is 0 Å². The number of benzene rings is 1. The Labute approximate surface area is 77.8 Å². The monoisotopic (exact) mass is 182 g/mol. The lowest BCUT2D eigenvalue weighted by molar-refractivity contribution is 1.49. The van der Waals surface area contributed by atoms with Gasteiger partial charge in [0.05, 0.1) is 0 Å². The van der Waals surface area contributed by atoms with Crippen LogP contribution in [0.15, 0.2) is 24.3 Å². The van der Waals surface area contributed by atoms with Gasteiger partial charge in [0, 0.05) is 0 Å². The normalized spacial score (nSPS) is 9.17. The van der Waals surface area contributed by atoms with Crippen molar-refractivity contribution in [3.63, 3.8) is 0 Å². The summed E-state index contributed by atoms with van der Waals surface area (Å²) in [4.78, 5) is 0. The molecule has 0 fully saturated rings. The van der Waals surface area contributed by atoms with Crippen LogP contribution < -0.4 is 5.30 Å². The van der Waals surface area contributed by atoms with Crippen LogP contribution in [0.1, 0.15) is 19.4 Å². The predicted molar refractivity (Wildman–Crippen MR) is 60.9 cm³/mol. The van der Waals surface area contributed by atoms with Crippen LogP contribution in [0.2, 0.25) is 0 Å². The van der Waals surface area contributed by atoms with Crippen LogP contribution in [0, 0.1) is 6.92 Å². The lowest BCUT2D eigenvalue weighted by Crippen LogP contribution is -1.96. The highest BCUT2D eigenvalue weighted by Gasteiger charge is 1.94. The number of rotatable bonds is 1. The molecule has 0 spiro atoms. The van der Waals surface area contributed by atoms with Crippen molar-refractivity contribution < 1.29 is 0 Å². The van der Waals surface area contributed by atoms with Gasteiger partial charge in [-0.1, -0.05) is 51.6 Å². The average molecular weight is 182 g/mol. The molecule has 0 saturated heterocycles. The van der Waals surface area contributed by atoms with E-state index in [9.17, 15) is 0 Å². The zero-order chi connectivity index (χ0) is 9.56. The predicted octanol–water partition coefficient (Wildman–Crippen LogP) is 3.39. The fraction of sp³-hybridized carbons (Fsp3) is 0.455. The second kappa shape index (κ2) is 6.20. The molecular formula is C11H19P. The van der Waals surface area contributed by atoms with E-state index in [1.807, 2.05) is 13.8 Å². The van der Waals surface area contributed by atoms with Crippen LogP contribution in [-0.2, 0) is 0 Å². The molecular weight excluding hydrogens is 163 g/mol. The first-order chi connectivity index (χ1) is 5.70. The van der Waals surface area contributed by atoms with Gasteiger partial charge in [-0.05, 0) is 25.6 Å². The average Bonchev–Trinajstić information content (AvgIpc) is 2.09. The minimum atomic E-state index is 0.0920. The molecule has 0 unspecified atom stereocenters.